The van der Waals surface area contributed by atoms with Crippen LogP contribution in [0, 0.1) is 0 Å². The van der Waals surface area contributed by atoms with Gasteiger partial charge in [-0.2, -0.15) is 0 Å². The molecule has 2 heterocycles. The molecule has 3 rings (SSSR count). The molecule has 0 saturated heterocycles. The van der Waals surface area contributed by atoms with Gasteiger partial charge in [0, 0.05) is 47.7 Å². The summed E-state index contributed by atoms with van der Waals surface area (Å²) in [5, 5.41) is 5.25. The molecule has 1 aromatic carbocycles. The fourth-order valence-corrected chi connectivity index (χ4v) is 2.36. The van der Waals surface area contributed by atoms with E-state index in [4.69, 9.17) is 11.6 Å². The van der Waals surface area contributed by atoms with Crippen molar-refractivity contribution < 1.29 is 0 Å². The van der Waals surface area contributed by atoms with Crippen LogP contribution < -0.4 is 5.32 Å². The lowest BCUT2D eigenvalue weighted by molar-refractivity contribution is 0.817. The van der Waals surface area contributed by atoms with Crippen LogP contribution >= 0.6 is 11.6 Å². The maximum absolute atomic E-state index is 5.98. The van der Waals surface area contributed by atoms with Gasteiger partial charge in [0.25, 0.3) is 0 Å². The van der Waals surface area contributed by atoms with Gasteiger partial charge >= 0.3 is 0 Å². The molecule has 0 radical (unpaired) electrons. The van der Waals surface area contributed by atoms with Crippen molar-refractivity contribution in [2.75, 3.05) is 11.9 Å². The third-order valence-electron chi connectivity index (χ3n) is 3.17. The first-order valence-corrected chi connectivity index (χ1v) is 6.97. The first-order valence-electron chi connectivity index (χ1n) is 6.59. The minimum Gasteiger partial charge on any atom is -0.384 e. The Morgan fingerprint density at radius 3 is 2.95 bits per heavy atom. The van der Waals surface area contributed by atoms with E-state index in [0.29, 0.717) is 5.02 Å². The molecule has 2 N–H and O–H groups in total. The lowest BCUT2D eigenvalue weighted by Crippen LogP contribution is -2.04. The number of H-pyrrole nitrogens is 1. The summed E-state index contributed by atoms with van der Waals surface area (Å²) in [6, 6.07) is 7.76. The Labute approximate surface area is 122 Å². The van der Waals surface area contributed by atoms with Gasteiger partial charge in [-0.25, -0.2) is 4.98 Å². The standard InChI is InChI=1S/C15H15ClN4/c16-11-3-4-12-13(5-7-18-14(12)10-11)17-6-1-2-15-19-8-9-20-15/h3-5,7-10H,1-2,6H2,(H,17,18)(H,19,20). The van der Waals surface area contributed by atoms with Crippen LogP contribution in [0.25, 0.3) is 10.9 Å². The van der Waals surface area contributed by atoms with E-state index < -0.39 is 0 Å². The smallest absolute Gasteiger partial charge is 0.106 e. The summed E-state index contributed by atoms with van der Waals surface area (Å²) in [6.45, 7) is 0.891. The van der Waals surface area contributed by atoms with Crippen LogP contribution in [0.5, 0.6) is 0 Å². The molecule has 3 aromatic rings. The number of pyridine rings is 1. The Balaban J connectivity index is 1.65. The van der Waals surface area contributed by atoms with Gasteiger partial charge in [-0.15, -0.1) is 0 Å². The number of hydrogen-bond acceptors (Lipinski definition) is 3. The highest BCUT2D eigenvalue weighted by atomic mass is 35.5. The van der Waals surface area contributed by atoms with Crippen LogP contribution in [-0.4, -0.2) is 21.5 Å². The number of halogens is 1. The minimum atomic E-state index is 0.708. The van der Waals surface area contributed by atoms with Crippen molar-refractivity contribution in [1.29, 1.82) is 0 Å². The Morgan fingerprint density at radius 2 is 2.10 bits per heavy atom. The summed E-state index contributed by atoms with van der Waals surface area (Å²) in [6.07, 6.45) is 7.39. The summed E-state index contributed by atoms with van der Waals surface area (Å²) in [7, 11) is 0. The van der Waals surface area contributed by atoms with Gasteiger partial charge in [-0.1, -0.05) is 11.6 Å². The lowest BCUT2D eigenvalue weighted by atomic mass is 10.2. The zero-order valence-electron chi connectivity index (χ0n) is 10.9. The summed E-state index contributed by atoms with van der Waals surface area (Å²) in [5.41, 5.74) is 2.00. The predicted octanol–water partition coefficient (Wildman–Crippen LogP) is 3.66. The van der Waals surface area contributed by atoms with Crippen molar-refractivity contribution in [3.05, 3.63) is 53.7 Å². The van der Waals surface area contributed by atoms with Crippen LogP contribution in [-0.2, 0) is 6.42 Å². The number of hydrogen-bond donors (Lipinski definition) is 2. The van der Waals surface area contributed by atoms with Gasteiger partial charge in [-0.05, 0) is 30.7 Å². The molecule has 0 unspecified atom stereocenters. The summed E-state index contributed by atoms with van der Waals surface area (Å²) < 4.78 is 0. The first kappa shape index (κ1) is 12.9. The Morgan fingerprint density at radius 1 is 1.15 bits per heavy atom. The number of aromatic nitrogens is 3. The molecule has 4 nitrogen and oxygen atoms in total. The average molecular weight is 287 g/mol. The molecule has 0 atom stereocenters. The lowest BCUT2D eigenvalue weighted by Gasteiger charge is -2.09. The molecule has 0 aliphatic heterocycles. The van der Waals surface area contributed by atoms with Crippen LogP contribution in [0.4, 0.5) is 5.69 Å². The zero-order chi connectivity index (χ0) is 13.8. The van der Waals surface area contributed by atoms with Crippen molar-refractivity contribution in [3.63, 3.8) is 0 Å². The average Bonchev–Trinajstić information content (AvgIpc) is 2.96. The third kappa shape index (κ3) is 2.91. The van der Waals surface area contributed by atoms with Crippen molar-refractivity contribution in [1.82, 2.24) is 15.0 Å². The minimum absolute atomic E-state index is 0.708. The quantitative estimate of drug-likeness (QED) is 0.704. The largest absolute Gasteiger partial charge is 0.384 e. The normalized spacial score (nSPS) is 10.8. The fraction of sp³-hybridized carbons (Fsp3) is 0.200. The summed E-state index contributed by atoms with van der Waals surface area (Å²) in [4.78, 5) is 11.7. The number of anilines is 1. The Kier molecular flexibility index (Phi) is 3.83. The second-order valence-corrected chi connectivity index (χ2v) is 5.02. The van der Waals surface area contributed by atoms with E-state index in [9.17, 15) is 0 Å². The summed E-state index contributed by atoms with van der Waals surface area (Å²) >= 11 is 5.98. The molecule has 0 bridgehead atoms. The molecule has 0 aliphatic rings. The van der Waals surface area contributed by atoms with E-state index in [2.05, 4.69) is 20.3 Å². The van der Waals surface area contributed by atoms with Crippen molar-refractivity contribution in [3.8, 4) is 0 Å². The van der Waals surface area contributed by atoms with Gasteiger partial charge in [0.2, 0.25) is 0 Å². The fourth-order valence-electron chi connectivity index (χ4n) is 2.19. The van der Waals surface area contributed by atoms with Gasteiger partial charge in [0.15, 0.2) is 0 Å². The molecule has 20 heavy (non-hydrogen) atoms. The number of aromatic amines is 1. The highest BCUT2D eigenvalue weighted by Gasteiger charge is 2.02. The number of rotatable bonds is 5. The Hall–Kier alpha value is -2.07. The number of nitrogens with zero attached hydrogens (tertiary/aromatic N) is 2. The number of fused-ring (bicyclic) bond motifs is 1. The van der Waals surface area contributed by atoms with E-state index >= 15 is 0 Å². The molecule has 5 heteroatoms. The predicted molar refractivity (Wildman–Crippen MR) is 82.2 cm³/mol. The maximum atomic E-state index is 5.98. The van der Waals surface area contributed by atoms with E-state index in [1.54, 1.807) is 12.4 Å². The van der Waals surface area contributed by atoms with Crippen LogP contribution in [0.1, 0.15) is 12.2 Å². The van der Waals surface area contributed by atoms with E-state index in [-0.39, 0.29) is 0 Å². The van der Waals surface area contributed by atoms with Crippen LogP contribution in [0.3, 0.4) is 0 Å². The van der Waals surface area contributed by atoms with Gasteiger partial charge < -0.3 is 10.3 Å². The molecule has 0 spiro atoms. The monoisotopic (exact) mass is 286 g/mol. The van der Waals surface area contributed by atoms with Crippen molar-refractivity contribution in [2.45, 2.75) is 12.8 Å². The second-order valence-electron chi connectivity index (χ2n) is 4.59. The topological polar surface area (TPSA) is 53.6 Å². The second kappa shape index (κ2) is 5.92. The van der Waals surface area contributed by atoms with Gasteiger partial charge in [0.1, 0.15) is 5.82 Å². The Bertz CT molecular complexity index is 694. The van der Waals surface area contributed by atoms with Gasteiger partial charge in [0.05, 0.1) is 5.52 Å². The highest BCUT2D eigenvalue weighted by molar-refractivity contribution is 6.31. The van der Waals surface area contributed by atoms with Crippen LogP contribution in [0.2, 0.25) is 5.02 Å². The van der Waals surface area contributed by atoms with Crippen molar-refractivity contribution in [2.24, 2.45) is 0 Å². The highest BCUT2D eigenvalue weighted by Crippen LogP contribution is 2.24. The molecule has 0 saturated carbocycles. The van der Waals surface area contributed by atoms with E-state index in [1.807, 2.05) is 30.5 Å². The zero-order valence-corrected chi connectivity index (χ0v) is 11.7. The molecular formula is C15H15ClN4. The molecular weight excluding hydrogens is 272 g/mol. The molecule has 0 fully saturated rings. The molecule has 2 aromatic heterocycles. The number of imidazole rings is 1. The first-order chi connectivity index (χ1) is 9.83. The number of nitrogens with one attached hydrogen (secondary N) is 2. The molecule has 0 aliphatic carbocycles. The SMILES string of the molecule is Clc1ccc2c(NCCCc3ncc[nH]3)ccnc2c1. The van der Waals surface area contributed by atoms with Crippen LogP contribution in [0.15, 0.2) is 42.9 Å². The van der Waals surface area contributed by atoms with Crippen molar-refractivity contribution >= 4 is 28.2 Å². The molecule has 0 amide bonds. The maximum Gasteiger partial charge on any atom is 0.106 e. The van der Waals surface area contributed by atoms with Gasteiger partial charge in [-0.3, -0.25) is 4.98 Å². The summed E-state index contributed by atoms with van der Waals surface area (Å²) in [5.74, 6) is 1.03. The molecule has 102 valence electrons. The third-order valence-corrected chi connectivity index (χ3v) is 3.40. The van der Waals surface area contributed by atoms with E-state index in [0.717, 1.165) is 41.8 Å². The number of aryl methyl sites for hydroxylation is 1. The number of benzene rings is 1. The van der Waals surface area contributed by atoms with E-state index in [1.165, 1.54) is 0 Å².